The van der Waals surface area contributed by atoms with Gasteiger partial charge in [-0.2, -0.15) is 0 Å². The van der Waals surface area contributed by atoms with Crippen LogP contribution >= 0.6 is 0 Å². The van der Waals surface area contributed by atoms with E-state index in [1.165, 1.54) is 16.5 Å². The summed E-state index contributed by atoms with van der Waals surface area (Å²) in [5, 5.41) is 8.41. The maximum atomic E-state index is 12.2. The SMILES string of the molecule is O=C(NCc1ccc2ccccc2c1)NCC1CCN(c2ccccc2)C1. The van der Waals surface area contributed by atoms with Crippen LogP contribution in [0, 0.1) is 5.92 Å². The predicted octanol–water partition coefficient (Wildman–Crippen LogP) is 4.17. The Morgan fingerprint density at radius 1 is 0.926 bits per heavy atom. The van der Waals surface area contributed by atoms with Gasteiger partial charge in [0.2, 0.25) is 0 Å². The highest BCUT2D eigenvalue weighted by molar-refractivity contribution is 5.83. The Morgan fingerprint density at radius 3 is 2.56 bits per heavy atom. The highest BCUT2D eigenvalue weighted by Crippen LogP contribution is 2.23. The molecule has 1 saturated heterocycles. The summed E-state index contributed by atoms with van der Waals surface area (Å²) < 4.78 is 0. The summed E-state index contributed by atoms with van der Waals surface area (Å²) in [6.45, 7) is 3.30. The van der Waals surface area contributed by atoms with Crippen molar-refractivity contribution in [2.24, 2.45) is 5.92 Å². The van der Waals surface area contributed by atoms with E-state index < -0.39 is 0 Å². The predicted molar refractivity (Wildman–Crippen MR) is 111 cm³/mol. The quantitative estimate of drug-likeness (QED) is 0.718. The van der Waals surface area contributed by atoms with E-state index in [0.29, 0.717) is 19.0 Å². The molecule has 1 fully saturated rings. The van der Waals surface area contributed by atoms with Crippen molar-refractivity contribution >= 4 is 22.5 Å². The van der Waals surface area contributed by atoms with E-state index in [1.54, 1.807) is 0 Å². The molecular weight excluding hydrogens is 334 g/mol. The Bertz CT molecular complexity index is 910. The van der Waals surface area contributed by atoms with Gasteiger partial charge in [-0.1, -0.05) is 54.6 Å². The number of rotatable bonds is 5. The van der Waals surface area contributed by atoms with Crippen LogP contribution in [0.4, 0.5) is 10.5 Å². The van der Waals surface area contributed by atoms with Crippen molar-refractivity contribution in [2.45, 2.75) is 13.0 Å². The molecular formula is C23H25N3O. The Hall–Kier alpha value is -3.01. The molecule has 1 unspecified atom stereocenters. The van der Waals surface area contributed by atoms with Gasteiger partial charge in [-0.25, -0.2) is 4.79 Å². The Labute approximate surface area is 160 Å². The largest absolute Gasteiger partial charge is 0.371 e. The maximum Gasteiger partial charge on any atom is 0.315 e. The molecule has 2 amide bonds. The zero-order valence-electron chi connectivity index (χ0n) is 15.4. The first-order valence-corrected chi connectivity index (χ1v) is 9.57. The summed E-state index contributed by atoms with van der Waals surface area (Å²) in [4.78, 5) is 14.5. The first-order chi connectivity index (χ1) is 13.3. The lowest BCUT2D eigenvalue weighted by molar-refractivity contribution is 0.239. The van der Waals surface area contributed by atoms with Crippen LogP contribution in [0.5, 0.6) is 0 Å². The third kappa shape index (κ3) is 4.40. The number of carbonyl (C=O) groups excluding carboxylic acids is 1. The van der Waals surface area contributed by atoms with Crippen molar-refractivity contribution in [3.63, 3.8) is 0 Å². The normalized spacial score (nSPS) is 16.4. The lowest BCUT2D eigenvalue weighted by Gasteiger charge is -2.18. The molecule has 1 aliphatic rings. The van der Waals surface area contributed by atoms with Crippen molar-refractivity contribution < 1.29 is 4.79 Å². The van der Waals surface area contributed by atoms with Crippen molar-refractivity contribution in [1.82, 2.24) is 10.6 Å². The Balaban J connectivity index is 1.23. The molecule has 1 aliphatic heterocycles. The number of nitrogens with one attached hydrogen (secondary N) is 2. The molecule has 2 N–H and O–H groups in total. The van der Waals surface area contributed by atoms with Crippen LogP contribution in [-0.4, -0.2) is 25.7 Å². The van der Waals surface area contributed by atoms with E-state index in [0.717, 1.165) is 25.1 Å². The molecule has 4 rings (SSSR count). The molecule has 1 atom stereocenters. The molecule has 138 valence electrons. The van der Waals surface area contributed by atoms with E-state index in [-0.39, 0.29) is 6.03 Å². The van der Waals surface area contributed by atoms with Gasteiger partial charge in [-0.3, -0.25) is 0 Å². The van der Waals surface area contributed by atoms with Crippen LogP contribution in [0.25, 0.3) is 10.8 Å². The fraction of sp³-hybridized carbons (Fsp3) is 0.261. The van der Waals surface area contributed by atoms with E-state index in [4.69, 9.17) is 0 Å². The average Bonchev–Trinajstić information content (AvgIpc) is 3.20. The van der Waals surface area contributed by atoms with Crippen molar-refractivity contribution in [3.8, 4) is 0 Å². The number of fused-ring (bicyclic) bond motifs is 1. The summed E-state index contributed by atoms with van der Waals surface area (Å²) in [5.41, 5.74) is 2.38. The molecule has 27 heavy (non-hydrogen) atoms. The van der Waals surface area contributed by atoms with Crippen LogP contribution in [-0.2, 0) is 6.54 Å². The van der Waals surface area contributed by atoms with E-state index in [1.807, 2.05) is 18.2 Å². The molecule has 4 heteroatoms. The zero-order valence-corrected chi connectivity index (χ0v) is 15.4. The minimum Gasteiger partial charge on any atom is -0.371 e. The summed E-state index contributed by atoms with van der Waals surface area (Å²) in [6, 6.07) is 24.9. The number of carbonyl (C=O) groups is 1. The second-order valence-electron chi connectivity index (χ2n) is 7.18. The highest BCUT2D eigenvalue weighted by Gasteiger charge is 2.22. The van der Waals surface area contributed by atoms with Gasteiger partial charge in [-0.05, 0) is 46.9 Å². The third-order valence-corrected chi connectivity index (χ3v) is 5.23. The Kier molecular flexibility index (Phi) is 5.24. The lowest BCUT2D eigenvalue weighted by atomic mass is 10.1. The van der Waals surface area contributed by atoms with E-state index >= 15 is 0 Å². The fourth-order valence-corrected chi connectivity index (χ4v) is 3.70. The van der Waals surface area contributed by atoms with Gasteiger partial charge in [0.15, 0.2) is 0 Å². The second-order valence-corrected chi connectivity index (χ2v) is 7.18. The molecule has 0 saturated carbocycles. The number of urea groups is 1. The molecule has 0 aromatic heterocycles. The minimum absolute atomic E-state index is 0.0960. The topological polar surface area (TPSA) is 44.4 Å². The van der Waals surface area contributed by atoms with Crippen molar-refractivity contribution in [2.75, 3.05) is 24.5 Å². The molecule has 3 aromatic rings. The summed E-state index contributed by atoms with van der Waals surface area (Å²) >= 11 is 0. The smallest absolute Gasteiger partial charge is 0.315 e. The fourth-order valence-electron chi connectivity index (χ4n) is 3.70. The molecule has 0 bridgehead atoms. The van der Waals surface area contributed by atoms with Crippen LogP contribution in [0.15, 0.2) is 72.8 Å². The molecule has 1 heterocycles. The molecule has 4 nitrogen and oxygen atoms in total. The summed E-state index contributed by atoms with van der Waals surface area (Å²) in [5.74, 6) is 0.497. The molecule has 0 aliphatic carbocycles. The van der Waals surface area contributed by atoms with Crippen LogP contribution in [0.3, 0.4) is 0 Å². The van der Waals surface area contributed by atoms with Crippen molar-refractivity contribution in [1.29, 1.82) is 0 Å². The van der Waals surface area contributed by atoms with Gasteiger partial charge in [-0.15, -0.1) is 0 Å². The summed E-state index contributed by atoms with van der Waals surface area (Å²) in [7, 11) is 0. The average molecular weight is 359 g/mol. The molecule has 3 aromatic carbocycles. The highest BCUT2D eigenvalue weighted by atomic mass is 16.2. The first-order valence-electron chi connectivity index (χ1n) is 9.57. The van der Waals surface area contributed by atoms with Crippen molar-refractivity contribution in [3.05, 3.63) is 78.4 Å². The van der Waals surface area contributed by atoms with Gasteiger partial charge in [0, 0.05) is 31.9 Å². The van der Waals surface area contributed by atoms with Gasteiger partial charge in [0.05, 0.1) is 0 Å². The Morgan fingerprint density at radius 2 is 1.70 bits per heavy atom. The van der Waals surface area contributed by atoms with Crippen LogP contribution in [0.1, 0.15) is 12.0 Å². The lowest BCUT2D eigenvalue weighted by Crippen LogP contribution is -2.38. The standard InChI is InChI=1S/C23H25N3O/c27-23(24-15-18-10-11-20-6-4-5-7-21(20)14-18)25-16-19-12-13-26(17-19)22-8-2-1-3-9-22/h1-11,14,19H,12-13,15-17H2,(H2,24,25,27). The van der Waals surface area contributed by atoms with Gasteiger partial charge < -0.3 is 15.5 Å². The monoisotopic (exact) mass is 359 g/mol. The summed E-state index contributed by atoms with van der Waals surface area (Å²) in [6.07, 6.45) is 1.11. The number of hydrogen-bond acceptors (Lipinski definition) is 2. The number of para-hydroxylation sites is 1. The third-order valence-electron chi connectivity index (χ3n) is 5.23. The van der Waals surface area contributed by atoms with Crippen LogP contribution < -0.4 is 15.5 Å². The first kappa shape index (κ1) is 17.4. The molecule has 0 spiro atoms. The second kappa shape index (κ2) is 8.12. The van der Waals surface area contributed by atoms with Gasteiger partial charge in [0.1, 0.15) is 0 Å². The number of hydrogen-bond donors (Lipinski definition) is 2. The maximum absolute atomic E-state index is 12.2. The number of anilines is 1. The van der Waals surface area contributed by atoms with E-state index in [2.05, 4.69) is 70.1 Å². The van der Waals surface area contributed by atoms with Gasteiger partial charge >= 0.3 is 6.03 Å². The molecule has 0 radical (unpaired) electrons. The number of benzene rings is 3. The van der Waals surface area contributed by atoms with Gasteiger partial charge in [0.25, 0.3) is 0 Å². The number of amides is 2. The van der Waals surface area contributed by atoms with Crippen LogP contribution in [0.2, 0.25) is 0 Å². The zero-order chi connectivity index (χ0) is 18.5. The van der Waals surface area contributed by atoms with E-state index in [9.17, 15) is 4.79 Å². The number of nitrogens with zero attached hydrogens (tertiary/aromatic N) is 1. The minimum atomic E-state index is -0.0960.